The first kappa shape index (κ1) is 19.3. The Balaban J connectivity index is 1.36. The minimum atomic E-state index is 0.351. The van der Waals surface area contributed by atoms with Gasteiger partial charge in [0, 0.05) is 46.9 Å². The molecular formula is C22H26N4OS2. The van der Waals surface area contributed by atoms with Crippen LogP contribution in [-0.2, 0) is 24.2 Å². The molecule has 1 saturated carbocycles. The molecule has 1 aliphatic carbocycles. The van der Waals surface area contributed by atoms with Gasteiger partial charge < -0.3 is 11.1 Å². The summed E-state index contributed by atoms with van der Waals surface area (Å²) < 4.78 is 1.15. The van der Waals surface area contributed by atoms with Gasteiger partial charge >= 0.3 is 0 Å². The van der Waals surface area contributed by atoms with Crippen molar-refractivity contribution in [1.82, 2.24) is 15.3 Å². The van der Waals surface area contributed by atoms with Gasteiger partial charge in [-0.05, 0) is 56.2 Å². The standard InChI is InChI=1S/C22H26N4OS2/c23-14-8-13(9-14)2-1-3-15(27)10-19-21(16-4-6-25-12-20(16)28-19)22-26-17-11-24-7-5-18(17)29-22/h5,7,11,13-14,25H,1-4,6,8-10,12,23H2. The predicted octanol–water partition coefficient (Wildman–Crippen LogP) is 4.08. The van der Waals surface area contributed by atoms with Crippen LogP contribution in [0.15, 0.2) is 18.5 Å². The fourth-order valence-electron chi connectivity index (χ4n) is 4.53. The molecule has 3 aromatic heterocycles. The third-order valence-electron chi connectivity index (χ3n) is 6.10. The summed E-state index contributed by atoms with van der Waals surface area (Å²) in [7, 11) is 0. The molecule has 152 valence electrons. The second-order valence-electron chi connectivity index (χ2n) is 8.30. The smallest absolute Gasteiger partial charge is 0.138 e. The number of thiazole rings is 1. The van der Waals surface area contributed by atoms with Crippen molar-refractivity contribution < 1.29 is 4.79 Å². The SMILES string of the molecule is NC1CC(CCCC(=O)Cc2sc3c(c2-c2nc4cnccc4s2)CCNC3)C1. The number of nitrogens with zero attached hydrogens (tertiary/aromatic N) is 2. The number of rotatable bonds is 7. The number of hydrogen-bond donors (Lipinski definition) is 2. The third kappa shape index (κ3) is 4.01. The molecule has 3 N–H and O–H groups in total. The zero-order valence-electron chi connectivity index (χ0n) is 16.4. The maximum atomic E-state index is 12.8. The average Bonchev–Trinajstić information content (AvgIpc) is 3.26. The van der Waals surface area contributed by atoms with Crippen molar-refractivity contribution in [3.05, 3.63) is 33.8 Å². The summed E-state index contributed by atoms with van der Waals surface area (Å²) in [4.78, 5) is 24.4. The summed E-state index contributed by atoms with van der Waals surface area (Å²) in [6.07, 6.45) is 10.3. The zero-order valence-corrected chi connectivity index (χ0v) is 18.1. The second kappa shape index (κ2) is 8.22. The molecule has 0 spiro atoms. The molecular weight excluding hydrogens is 400 g/mol. The Bertz CT molecular complexity index is 1000. The van der Waals surface area contributed by atoms with E-state index in [0.29, 0.717) is 24.7 Å². The van der Waals surface area contributed by atoms with Gasteiger partial charge in [0.15, 0.2) is 0 Å². The highest BCUT2D eigenvalue weighted by Crippen LogP contribution is 2.42. The number of carbonyl (C=O) groups is 1. The largest absolute Gasteiger partial charge is 0.328 e. The zero-order chi connectivity index (χ0) is 19.8. The number of Topliss-reactive ketones (excluding diaryl/α,β-unsaturated/α-hetero) is 1. The van der Waals surface area contributed by atoms with E-state index in [1.807, 2.05) is 18.5 Å². The maximum Gasteiger partial charge on any atom is 0.138 e. The fraction of sp³-hybridized carbons (Fsp3) is 0.500. The highest BCUT2D eigenvalue weighted by atomic mass is 32.1. The molecule has 0 saturated heterocycles. The van der Waals surface area contributed by atoms with Crippen LogP contribution in [0.4, 0.5) is 0 Å². The van der Waals surface area contributed by atoms with Gasteiger partial charge in [0.05, 0.1) is 10.9 Å². The summed E-state index contributed by atoms with van der Waals surface area (Å²) in [6, 6.07) is 2.42. The lowest BCUT2D eigenvalue weighted by atomic mass is 9.78. The van der Waals surface area contributed by atoms with Gasteiger partial charge in [-0.3, -0.25) is 9.78 Å². The van der Waals surface area contributed by atoms with Gasteiger partial charge in [0.25, 0.3) is 0 Å². The number of aromatic nitrogens is 2. The van der Waals surface area contributed by atoms with E-state index in [0.717, 1.165) is 66.3 Å². The highest BCUT2D eigenvalue weighted by molar-refractivity contribution is 7.22. The molecule has 29 heavy (non-hydrogen) atoms. The van der Waals surface area contributed by atoms with Crippen molar-refractivity contribution in [3.8, 4) is 10.6 Å². The highest BCUT2D eigenvalue weighted by Gasteiger charge is 2.27. The van der Waals surface area contributed by atoms with E-state index in [2.05, 4.69) is 10.3 Å². The van der Waals surface area contributed by atoms with Crippen LogP contribution >= 0.6 is 22.7 Å². The molecule has 5 nitrogen and oxygen atoms in total. The summed E-state index contributed by atoms with van der Waals surface area (Å²) in [6.45, 7) is 1.88. The molecule has 3 aromatic rings. The average molecular weight is 427 g/mol. The maximum absolute atomic E-state index is 12.8. The molecule has 1 aliphatic heterocycles. The quantitative estimate of drug-likeness (QED) is 0.595. The van der Waals surface area contributed by atoms with Gasteiger partial charge in [0.2, 0.25) is 0 Å². The van der Waals surface area contributed by atoms with E-state index in [-0.39, 0.29) is 0 Å². The molecule has 0 bridgehead atoms. The van der Waals surface area contributed by atoms with Crippen LogP contribution in [0.25, 0.3) is 20.8 Å². The van der Waals surface area contributed by atoms with Crippen LogP contribution in [-0.4, -0.2) is 28.3 Å². The summed E-state index contributed by atoms with van der Waals surface area (Å²) in [5.41, 5.74) is 9.44. The normalized spacial score (nSPS) is 21.1. The van der Waals surface area contributed by atoms with E-state index in [9.17, 15) is 4.79 Å². The van der Waals surface area contributed by atoms with Gasteiger partial charge in [-0.2, -0.15) is 0 Å². The summed E-state index contributed by atoms with van der Waals surface area (Å²) in [5.74, 6) is 1.09. The van der Waals surface area contributed by atoms with Crippen LogP contribution in [0.3, 0.4) is 0 Å². The molecule has 0 radical (unpaired) electrons. The number of nitrogens with one attached hydrogen (secondary N) is 1. The Morgan fingerprint density at radius 2 is 2.21 bits per heavy atom. The second-order valence-corrected chi connectivity index (χ2v) is 10.5. The molecule has 5 rings (SSSR count). The molecule has 0 amide bonds. The summed E-state index contributed by atoms with van der Waals surface area (Å²) >= 11 is 3.52. The number of nitrogens with two attached hydrogens (primary N) is 1. The molecule has 0 atom stereocenters. The lowest BCUT2D eigenvalue weighted by Gasteiger charge is -2.32. The van der Waals surface area contributed by atoms with Crippen molar-refractivity contribution in [3.63, 3.8) is 0 Å². The number of fused-ring (bicyclic) bond motifs is 2. The molecule has 4 heterocycles. The third-order valence-corrected chi connectivity index (χ3v) is 8.39. The summed E-state index contributed by atoms with van der Waals surface area (Å²) in [5, 5.41) is 4.50. The minimum Gasteiger partial charge on any atom is -0.328 e. The Morgan fingerprint density at radius 1 is 1.31 bits per heavy atom. The van der Waals surface area contributed by atoms with E-state index < -0.39 is 0 Å². The van der Waals surface area contributed by atoms with E-state index in [1.165, 1.54) is 20.9 Å². The van der Waals surface area contributed by atoms with Crippen molar-refractivity contribution >= 4 is 38.7 Å². The van der Waals surface area contributed by atoms with Crippen LogP contribution in [0.2, 0.25) is 0 Å². The monoisotopic (exact) mass is 426 g/mol. The number of carbonyl (C=O) groups excluding carboxylic acids is 1. The number of hydrogen-bond acceptors (Lipinski definition) is 7. The Labute approximate surface area is 178 Å². The van der Waals surface area contributed by atoms with Crippen LogP contribution in [0.1, 0.15) is 47.4 Å². The molecule has 7 heteroatoms. The first-order valence-electron chi connectivity index (χ1n) is 10.5. The molecule has 0 unspecified atom stereocenters. The lowest BCUT2D eigenvalue weighted by Crippen LogP contribution is -2.36. The fourth-order valence-corrected chi connectivity index (χ4v) is 6.98. The van der Waals surface area contributed by atoms with E-state index in [1.54, 1.807) is 22.7 Å². The molecule has 1 fully saturated rings. The Hall–Kier alpha value is -1.67. The van der Waals surface area contributed by atoms with Crippen LogP contribution < -0.4 is 11.1 Å². The first-order chi connectivity index (χ1) is 14.2. The van der Waals surface area contributed by atoms with E-state index >= 15 is 0 Å². The van der Waals surface area contributed by atoms with Crippen molar-refractivity contribution in [2.45, 2.75) is 57.5 Å². The first-order valence-corrected chi connectivity index (χ1v) is 12.1. The Kier molecular flexibility index (Phi) is 5.47. The minimum absolute atomic E-state index is 0.351. The lowest BCUT2D eigenvalue weighted by molar-refractivity contribution is -0.118. The van der Waals surface area contributed by atoms with E-state index in [4.69, 9.17) is 10.7 Å². The molecule has 2 aliphatic rings. The van der Waals surface area contributed by atoms with Gasteiger partial charge in [-0.1, -0.05) is 0 Å². The van der Waals surface area contributed by atoms with Crippen LogP contribution in [0.5, 0.6) is 0 Å². The number of pyridine rings is 1. The van der Waals surface area contributed by atoms with Crippen molar-refractivity contribution in [2.24, 2.45) is 11.7 Å². The van der Waals surface area contributed by atoms with Gasteiger partial charge in [-0.15, -0.1) is 22.7 Å². The van der Waals surface area contributed by atoms with Gasteiger partial charge in [0.1, 0.15) is 16.3 Å². The van der Waals surface area contributed by atoms with Crippen molar-refractivity contribution in [2.75, 3.05) is 6.54 Å². The van der Waals surface area contributed by atoms with Crippen LogP contribution in [0, 0.1) is 5.92 Å². The number of ketones is 1. The van der Waals surface area contributed by atoms with Crippen molar-refractivity contribution in [1.29, 1.82) is 0 Å². The number of thiophene rings is 1. The molecule has 0 aromatic carbocycles. The Morgan fingerprint density at radius 3 is 3.03 bits per heavy atom. The van der Waals surface area contributed by atoms with Gasteiger partial charge in [-0.25, -0.2) is 4.98 Å². The topological polar surface area (TPSA) is 80.9 Å². The predicted molar refractivity (Wildman–Crippen MR) is 119 cm³/mol.